The van der Waals surface area contributed by atoms with Gasteiger partial charge < -0.3 is 5.32 Å². The van der Waals surface area contributed by atoms with Crippen molar-refractivity contribution >= 4 is 21.6 Å². The van der Waals surface area contributed by atoms with Crippen molar-refractivity contribution in [2.45, 2.75) is 5.92 Å². The van der Waals surface area contributed by atoms with Gasteiger partial charge in [-0.2, -0.15) is 0 Å². The molecule has 1 aromatic heterocycles. The van der Waals surface area contributed by atoms with Crippen LogP contribution in [0.3, 0.4) is 0 Å². The molecule has 0 saturated carbocycles. The second-order valence-electron chi connectivity index (χ2n) is 3.17. The van der Waals surface area contributed by atoms with Gasteiger partial charge in [0.05, 0.1) is 4.92 Å². The summed E-state index contributed by atoms with van der Waals surface area (Å²) >= 11 is 3.17. The Labute approximate surface area is 88.8 Å². The highest BCUT2D eigenvalue weighted by atomic mass is 79.9. The molecule has 0 atom stereocenters. The fraction of sp³-hybridized carbons (Fsp3) is 0.375. The highest BCUT2D eigenvalue weighted by Gasteiger charge is 2.28. The normalized spacial score (nSPS) is 16.4. The van der Waals surface area contributed by atoms with Crippen LogP contribution in [0.5, 0.6) is 0 Å². The van der Waals surface area contributed by atoms with E-state index in [0.717, 1.165) is 13.1 Å². The Balaban J connectivity index is 2.41. The first kappa shape index (κ1) is 9.54. The van der Waals surface area contributed by atoms with Crippen LogP contribution < -0.4 is 5.32 Å². The van der Waals surface area contributed by atoms with E-state index in [0.29, 0.717) is 10.2 Å². The third-order valence-electron chi connectivity index (χ3n) is 2.23. The average Bonchev–Trinajstić information content (AvgIpc) is 2.04. The summed E-state index contributed by atoms with van der Waals surface area (Å²) in [5.74, 6) is 0.184. The van der Waals surface area contributed by atoms with Gasteiger partial charge >= 0.3 is 0 Å². The fourth-order valence-electron chi connectivity index (χ4n) is 1.38. The van der Waals surface area contributed by atoms with Gasteiger partial charge in [0.15, 0.2) is 0 Å². The van der Waals surface area contributed by atoms with E-state index >= 15 is 0 Å². The van der Waals surface area contributed by atoms with Gasteiger partial charge in [-0.15, -0.1) is 0 Å². The van der Waals surface area contributed by atoms with Crippen molar-refractivity contribution < 1.29 is 4.92 Å². The Hall–Kier alpha value is -1.01. The molecule has 1 fully saturated rings. The first-order valence-electron chi connectivity index (χ1n) is 4.19. The van der Waals surface area contributed by atoms with E-state index in [-0.39, 0.29) is 16.5 Å². The summed E-state index contributed by atoms with van der Waals surface area (Å²) in [5, 5.41) is 13.8. The summed E-state index contributed by atoms with van der Waals surface area (Å²) in [6.07, 6.45) is 1.60. The van der Waals surface area contributed by atoms with Gasteiger partial charge in [-0.25, -0.2) is 0 Å². The number of nitro groups is 1. The van der Waals surface area contributed by atoms with Gasteiger partial charge in [0.2, 0.25) is 0 Å². The molecule has 0 unspecified atom stereocenters. The standard InChI is InChI=1S/C8H8BrN3O2/c9-6-1-7(12(13)14)8(11-4-6)5-2-10-3-5/h1,4-5,10H,2-3H2. The van der Waals surface area contributed by atoms with Gasteiger partial charge in [-0.1, -0.05) is 0 Å². The van der Waals surface area contributed by atoms with Gasteiger partial charge in [0.25, 0.3) is 5.69 Å². The van der Waals surface area contributed by atoms with Crippen LogP contribution in [0.1, 0.15) is 11.6 Å². The second kappa shape index (κ2) is 3.62. The van der Waals surface area contributed by atoms with E-state index in [1.54, 1.807) is 6.20 Å². The smallest absolute Gasteiger partial charge is 0.292 e. The van der Waals surface area contributed by atoms with Crippen LogP contribution in [0.15, 0.2) is 16.7 Å². The highest BCUT2D eigenvalue weighted by Crippen LogP contribution is 2.29. The van der Waals surface area contributed by atoms with E-state index in [4.69, 9.17) is 0 Å². The summed E-state index contributed by atoms with van der Waals surface area (Å²) in [6.45, 7) is 1.55. The fourth-order valence-corrected chi connectivity index (χ4v) is 1.70. The monoisotopic (exact) mass is 257 g/mol. The van der Waals surface area contributed by atoms with Crippen LogP contribution in [-0.4, -0.2) is 23.0 Å². The number of nitrogens with zero attached hydrogens (tertiary/aromatic N) is 2. The molecule has 1 aromatic rings. The molecule has 1 saturated heterocycles. The number of aromatic nitrogens is 1. The van der Waals surface area contributed by atoms with E-state index in [1.807, 2.05) is 0 Å². The summed E-state index contributed by atoms with van der Waals surface area (Å²) < 4.78 is 0.639. The van der Waals surface area contributed by atoms with E-state index < -0.39 is 0 Å². The zero-order valence-electron chi connectivity index (χ0n) is 7.24. The topological polar surface area (TPSA) is 68.1 Å². The van der Waals surface area contributed by atoms with Crippen LogP contribution in [0.25, 0.3) is 0 Å². The first-order valence-corrected chi connectivity index (χ1v) is 4.98. The molecule has 0 amide bonds. The van der Waals surface area contributed by atoms with Crippen molar-refractivity contribution in [3.63, 3.8) is 0 Å². The van der Waals surface area contributed by atoms with Crippen LogP contribution in [-0.2, 0) is 0 Å². The molecule has 1 aliphatic heterocycles. The predicted molar refractivity (Wildman–Crippen MR) is 54.2 cm³/mol. The van der Waals surface area contributed by atoms with Gasteiger partial charge in [0, 0.05) is 35.7 Å². The van der Waals surface area contributed by atoms with Gasteiger partial charge in [-0.05, 0) is 15.9 Å². The lowest BCUT2D eigenvalue weighted by Crippen LogP contribution is -2.40. The Morgan fingerprint density at radius 1 is 1.64 bits per heavy atom. The second-order valence-corrected chi connectivity index (χ2v) is 4.09. The number of rotatable bonds is 2. The molecule has 2 heterocycles. The maximum Gasteiger partial charge on any atom is 0.292 e. The third kappa shape index (κ3) is 1.62. The van der Waals surface area contributed by atoms with Crippen LogP contribution in [0.4, 0.5) is 5.69 Å². The third-order valence-corrected chi connectivity index (χ3v) is 2.66. The van der Waals surface area contributed by atoms with Crippen LogP contribution in [0.2, 0.25) is 0 Å². The molecular weight excluding hydrogens is 250 g/mol. The molecule has 14 heavy (non-hydrogen) atoms. The quantitative estimate of drug-likeness (QED) is 0.643. The minimum absolute atomic E-state index is 0.103. The van der Waals surface area contributed by atoms with E-state index in [2.05, 4.69) is 26.2 Å². The zero-order valence-corrected chi connectivity index (χ0v) is 8.82. The maximum absolute atomic E-state index is 10.7. The minimum Gasteiger partial charge on any atom is -0.315 e. The lowest BCUT2D eigenvalue weighted by atomic mass is 9.97. The Kier molecular flexibility index (Phi) is 2.47. The van der Waals surface area contributed by atoms with Crippen molar-refractivity contribution in [1.82, 2.24) is 10.3 Å². The van der Waals surface area contributed by atoms with Gasteiger partial charge in [-0.3, -0.25) is 15.1 Å². The first-order chi connectivity index (χ1) is 6.68. The number of hydrogen-bond acceptors (Lipinski definition) is 4. The summed E-state index contributed by atoms with van der Waals surface area (Å²) in [5.41, 5.74) is 0.683. The molecule has 0 spiro atoms. The van der Waals surface area contributed by atoms with Crippen LogP contribution >= 0.6 is 15.9 Å². The number of pyridine rings is 1. The van der Waals surface area contributed by atoms with Crippen molar-refractivity contribution in [1.29, 1.82) is 0 Å². The lowest BCUT2D eigenvalue weighted by Gasteiger charge is -2.25. The van der Waals surface area contributed by atoms with Crippen molar-refractivity contribution in [3.8, 4) is 0 Å². The average molecular weight is 258 g/mol. The molecule has 1 aliphatic rings. The van der Waals surface area contributed by atoms with Crippen molar-refractivity contribution in [2.24, 2.45) is 0 Å². The van der Waals surface area contributed by atoms with Crippen LogP contribution in [0, 0.1) is 10.1 Å². The lowest BCUT2D eigenvalue weighted by molar-refractivity contribution is -0.386. The number of halogens is 1. The molecule has 2 rings (SSSR count). The maximum atomic E-state index is 10.7. The number of hydrogen-bond donors (Lipinski definition) is 1. The highest BCUT2D eigenvalue weighted by molar-refractivity contribution is 9.10. The largest absolute Gasteiger partial charge is 0.315 e. The Bertz CT molecular complexity index is 379. The molecule has 0 bridgehead atoms. The number of nitrogens with one attached hydrogen (secondary N) is 1. The van der Waals surface area contributed by atoms with Gasteiger partial charge in [0.1, 0.15) is 5.69 Å². The molecule has 5 nitrogen and oxygen atoms in total. The Morgan fingerprint density at radius 3 is 2.86 bits per heavy atom. The summed E-state index contributed by atoms with van der Waals surface area (Å²) in [4.78, 5) is 14.5. The molecular formula is C8H8BrN3O2. The molecule has 0 aliphatic carbocycles. The van der Waals surface area contributed by atoms with Crippen molar-refractivity contribution in [2.75, 3.05) is 13.1 Å². The zero-order chi connectivity index (χ0) is 10.1. The van der Waals surface area contributed by atoms with E-state index in [1.165, 1.54) is 6.07 Å². The Morgan fingerprint density at radius 2 is 2.36 bits per heavy atom. The molecule has 0 aromatic carbocycles. The molecule has 6 heteroatoms. The summed E-state index contributed by atoms with van der Waals surface area (Å²) in [7, 11) is 0. The van der Waals surface area contributed by atoms with E-state index in [9.17, 15) is 10.1 Å². The predicted octanol–water partition coefficient (Wildman–Crippen LogP) is 1.44. The molecule has 74 valence electrons. The minimum atomic E-state index is -0.384. The summed E-state index contributed by atoms with van der Waals surface area (Å²) in [6, 6.07) is 1.50. The SMILES string of the molecule is O=[N+]([O-])c1cc(Br)cnc1C1CNC1. The molecule has 0 radical (unpaired) electrons. The van der Waals surface area contributed by atoms with Crippen molar-refractivity contribution in [3.05, 3.63) is 32.5 Å². The molecule has 1 N–H and O–H groups in total.